The fourth-order valence-electron chi connectivity index (χ4n) is 3.90. The molecule has 0 unspecified atom stereocenters. The van der Waals surface area contributed by atoms with Crippen molar-refractivity contribution in [1.82, 2.24) is 20.1 Å². The second kappa shape index (κ2) is 9.24. The highest BCUT2D eigenvalue weighted by atomic mass is 19.4. The van der Waals surface area contributed by atoms with E-state index in [2.05, 4.69) is 15.4 Å². The number of benzene rings is 2. The number of halogens is 4. The van der Waals surface area contributed by atoms with E-state index in [0.29, 0.717) is 26.7 Å². The van der Waals surface area contributed by atoms with Gasteiger partial charge in [-0.05, 0) is 29.8 Å². The van der Waals surface area contributed by atoms with Crippen molar-refractivity contribution in [1.29, 1.82) is 0 Å². The molecular formula is C23H20F4N6O3. The molecule has 2 amide bonds. The fourth-order valence-corrected chi connectivity index (χ4v) is 3.90. The van der Waals surface area contributed by atoms with Crippen LogP contribution in [0, 0.1) is 5.82 Å². The van der Waals surface area contributed by atoms with Gasteiger partial charge in [-0.3, -0.25) is 9.59 Å². The number of ether oxygens (including phenoxy) is 1. The molecule has 6 N–H and O–H groups in total. The second-order valence-corrected chi connectivity index (χ2v) is 7.81. The average Bonchev–Trinajstić information content (AvgIpc) is 3.41. The van der Waals surface area contributed by atoms with Crippen molar-refractivity contribution in [3.8, 4) is 17.0 Å². The van der Waals surface area contributed by atoms with Crippen LogP contribution < -0.4 is 21.5 Å². The Morgan fingerprint density at radius 1 is 1.19 bits per heavy atom. The summed E-state index contributed by atoms with van der Waals surface area (Å²) in [4.78, 5) is 27.7. The predicted octanol–water partition coefficient (Wildman–Crippen LogP) is 3.35. The number of fused-ring (bicyclic) bond motifs is 1. The van der Waals surface area contributed by atoms with Crippen LogP contribution >= 0.6 is 0 Å². The number of aromatic amines is 1. The van der Waals surface area contributed by atoms with E-state index in [-0.39, 0.29) is 29.1 Å². The molecule has 0 saturated carbocycles. The van der Waals surface area contributed by atoms with Gasteiger partial charge in [-0.25, -0.2) is 9.07 Å². The summed E-state index contributed by atoms with van der Waals surface area (Å²) in [6, 6.07) is 8.32. The van der Waals surface area contributed by atoms with Crippen LogP contribution in [0.2, 0.25) is 0 Å². The third-order valence-electron chi connectivity index (χ3n) is 5.48. The third-order valence-corrected chi connectivity index (χ3v) is 5.48. The van der Waals surface area contributed by atoms with E-state index in [9.17, 15) is 27.2 Å². The Hall–Kier alpha value is -4.55. The molecule has 188 valence electrons. The molecule has 0 radical (unpaired) electrons. The highest BCUT2D eigenvalue weighted by Crippen LogP contribution is 2.35. The summed E-state index contributed by atoms with van der Waals surface area (Å²) in [5.41, 5.74) is 12.2. The van der Waals surface area contributed by atoms with Crippen molar-refractivity contribution in [3.63, 3.8) is 0 Å². The number of amides is 2. The zero-order valence-electron chi connectivity index (χ0n) is 18.7. The van der Waals surface area contributed by atoms with Gasteiger partial charge in [0.1, 0.15) is 35.2 Å². The molecule has 0 aliphatic carbocycles. The summed E-state index contributed by atoms with van der Waals surface area (Å²) >= 11 is 0. The molecule has 0 atom stereocenters. The number of carbonyl (C=O) groups excluding carboxylic acids is 2. The maximum Gasteiger partial charge on any atom is 0.408 e. The molecular weight excluding hydrogens is 484 g/mol. The fraction of sp³-hybridized carbons (Fsp3) is 0.174. The molecule has 13 heteroatoms. The number of alkyl halides is 3. The van der Waals surface area contributed by atoms with E-state index >= 15 is 0 Å². The number of primary amides is 1. The Bertz CT molecular complexity index is 1470. The molecule has 0 fully saturated rings. The minimum absolute atomic E-state index is 0.00799. The first kappa shape index (κ1) is 24.6. The van der Waals surface area contributed by atoms with E-state index in [4.69, 9.17) is 16.2 Å². The Morgan fingerprint density at radius 3 is 2.61 bits per heavy atom. The lowest BCUT2D eigenvalue weighted by molar-refractivity contribution is -0.142. The van der Waals surface area contributed by atoms with Crippen LogP contribution in [0.1, 0.15) is 26.3 Å². The number of H-pyrrole nitrogens is 1. The first-order chi connectivity index (χ1) is 17.0. The molecule has 0 spiro atoms. The van der Waals surface area contributed by atoms with E-state index < -0.39 is 36.2 Å². The van der Waals surface area contributed by atoms with Gasteiger partial charge in [-0.2, -0.15) is 18.3 Å². The number of nitrogens with two attached hydrogens (primary N) is 2. The molecule has 2 aromatic heterocycles. The van der Waals surface area contributed by atoms with Gasteiger partial charge in [0.2, 0.25) is 0 Å². The summed E-state index contributed by atoms with van der Waals surface area (Å²) in [7, 11) is 1.36. The number of hydrogen-bond acceptors (Lipinski definition) is 5. The zero-order chi connectivity index (χ0) is 26.2. The molecule has 2 aromatic carbocycles. The van der Waals surface area contributed by atoms with E-state index in [0.717, 1.165) is 6.07 Å². The number of carbonyl (C=O) groups is 2. The molecule has 0 saturated heterocycles. The number of hydrogen-bond donors (Lipinski definition) is 4. The van der Waals surface area contributed by atoms with Gasteiger partial charge in [0.15, 0.2) is 0 Å². The van der Waals surface area contributed by atoms with Crippen LogP contribution in [0.25, 0.3) is 22.2 Å². The second-order valence-electron chi connectivity index (χ2n) is 7.81. The lowest BCUT2D eigenvalue weighted by Crippen LogP contribution is -2.23. The quantitative estimate of drug-likeness (QED) is 0.286. The van der Waals surface area contributed by atoms with Crippen LogP contribution in [0.4, 0.5) is 23.4 Å². The smallest absolute Gasteiger partial charge is 0.408 e. The third kappa shape index (κ3) is 4.67. The van der Waals surface area contributed by atoms with Crippen molar-refractivity contribution < 1.29 is 31.9 Å². The highest BCUT2D eigenvalue weighted by Gasteiger charge is 2.32. The predicted molar refractivity (Wildman–Crippen MR) is 123 cm³/mol. The summed E-state index contributed by atoms with van der Waals surface area (Å²) in [6.45, 7) is -1.48. The van der Waals surface area contributed by atoms with E-state index in [1.165, 1.54) is 25.3 Å². The Kier molecular flexibility index (Phi) is 6.31. The van der Waals surface area contributed by atoms with Crippen molar-refractivity contribution in [2.75, 3.05) is 12.8 Å². The van der Waals surface area contributed by atoms with Gasteiger partial charge in [0, 0.05) is 23.7 Å². The minimum Gasteiger partial charge on any atom is -0.496 e. The van der Waals surface area contributed by atoms with Gasteiger partial charge < -0.3 is 26.5 Å². The molecule has 4 rings (SSSR count). The highest BCUT2D eigenvalue weighted by molar-refractivity contribution is 6.07. The average molecular weight is 504 g/mol. The maximum atomic E-state index is 13.6. The maximum absolute atomic E-state index is 13.6. The van der Waals surface area contributed by atoms with Gasteiger partial charge in [0.25, 0.3) is 11.8 Å². The molecule has 0 aliphatic heterocycles. The summed E-state index contributed by atoms with van der Waals surface area (Å²) in [5, 5.41) is 7.11. The normalized spacial score (nSPS) is 11.6. The van der Waals surface area contributed by atoms with Crippen molar-refractivity contribution >= 4 is 28.5 Å². The molecule has 0 bridgehead atoms. The van der Waals surface area contributed by atoms with Crippen LogP contribution in [0.15, 0.2) is 42.6 Å². The van der Waals surface area contributed by atoms with Crippen molar-refractivity contribution in [2.45, 2.75) is 19.3 Å². The summed E-state index contributed by atoms with van der Waals surface area (Å²) < 4.78 is 58.1. The number of nitrogens with one attached hydrogen (secondary N) is 2. The number of methoxy groups -OCH3 is 1. The van der Waals surface area contributed by atoms with E-state index in [1.807, 2.05) is 0 Å². The molecule has 2 heterocycles. The molecule has 36 heavy (non-hydrogen) atoms. The monoisotopic (exact) mass is 504 g/mol. The molecule has 0 aliphatic rings. The first-order valence-electron chi connectivity index (χ1n) is 10.4. The van der Waals surface area contributed by atoms with Gasteiger partial charge in [-0.1, -0.05) is 12.1 Å². The van der Waals surface area contributed by atoms with Crippen LogP contribution in [0.3, 0.4) is 0 Å². The molecule has 4 aromatic rings. The number of rotatable bonds is 7. The lowest BCUT2D eigenvalue weighted by atomic mass is 10.00. The Balaban J connectivity index is 1.69. The summed E-state index contributed by atoms with van der Waals surface area (Å²) in [6.07, 6.45) is -3.04. The molecule has 9 nitrogen and oxygen atoms in total. The zero-order valence-corrected chi connectivity index (χ0v) is 18.7. The largest absolute Gasteiger partial charge is 0.496 e. The standard InChI is InChI=1S/C23H20F4N6O3/c1-36-16-5-3-12(24)8-15(16)22(35)31-9-11-2-4-13(14-6-7-30-18(11)14)19-17(21(29)34)20(28)33(32-19)10-23(25,26)27/h2-8,30H,9-10,28H2,1H3,(H2,29,34)(H,31,35). The lowest BCUT2D eigenvalue weighted by Gasteiger charge is -2.11. The SMILES string of the molecule is COc1ccc(F)cc1C(=O)NCc1ccc(-c2nn(CC(F)(F)F)c(N)c2C(N)=O)c2cc[nH]c12. The van der Waals surface area contributed by atoms with Crippen LogP contribution in [-0.4, -0.2) is 39.9 Å². The first-order valence-corrected chi connectivity index (χ1v) is 10.4. The van der Waals surface area contributed by atoms with Crippen LogP contribution in [-0.2, 0) is 13.1 Å². The number of anilines is 1. The Labute approximate surface area is 201 Å². The van der Waals surface area contributed by atoms with Gasteiger partial charge in [-0.15, -0.1) is 0 Å². The van der Waals surface area contributed by atoms with Gasteiger partial charge >= 0.3 is 6.18 Å². The topological polar surface area (TPSA) is 141 Å². The minimum atomic E-state index is -4.62. The van der Waals surface area contributed by atoms with Crippen molar-refractivity contribution in [2.24, 2.45) is 5.73 Å². The van der Waals surface area contributed by atoms with Gasteiger partial charge in [0.05, 0.1) is 18.2 Å². The van der Waals surface area contributed by atoms with Crippen molar-refractivity contribution in [3.05, 3.63) is 65.1 Å². The number of nitrogens with zero attached hydrogens (tertiary/aromatic N) is 2. The Morgan fingerprint density at radius 2 is 1.94 bits per heavy atom. The van der Waals surface area contributed by atoms with Crippen LogP contribution in [0.5, 0.6) is 5.75 Å². The number of aromatic nitrogens is 3. The number of nitrogen functional groups attached to an aromatic ring is 1. The van der Waals surface area contributed by atoms with E-state index in [1.54, 1.807) is 18.3 Å². The summed E-state index contributed by atoms with van der Waals surface area (Å²) in [5.74, 6) is -2.52.